The van der Waals surface area contributed by atoms with Gasteiger partial charge >= 0.3 is 12.0 Å². The molecule has 3 aromatic rings. The molecule has 9 heteroatoms. The fourth-order valence-electron chi connectivity index (χ4n) is 7.55. The minimum Gasteiger partial charge on any atom is -0.478 e. The molecule has 0 spiro atoms. The molecular weight excluding hydrogens is 556 g/mol. The summed E-state index contributed by atoms with van der Waals surface area (Å²) < 4.78 is 12.0. The Morgan fingerprint density at radius 2 is 1.64 bits per heavy atom. The Labute approximate surface area is 258 Å². The second kappa shape index (κ2) is 12.2. The second-order valence-corrected chi connectivity index (χ2v) is 12.7. The van der Waals surface area contributed by atoms with Gasteiger partial charge in [0.05, 0.1) is 23.8 Å². The Hall–Kier alpha value is -3.95. The third-order valence-corrected chi connectivity index (χ3v) is 9.90. The first-order chi connectivity index (χ1) is 21.4. The Morgan fingerprint density at radius 3 is 2.30 bits per heavy atom. The van der Waals surface area contributed by atoms with Gasteiger partial charge in [-0.1, -0.05) is 36.4 Å². The van der Waals surface area contributed by atoms with Crippen LogP contribution in [0.1, 0.15) is 71.7 Å². The van der Waals surface area contributed by atoms with Crippen LogP contribution in [0.25, 0.3) is 0 Å². The fourth-order valence-corrected chi connectivity index (χ4v) is 7.55. The van der Waals surface area contributed by atoms with E-state index < -0.39 is 5.97 Å². The Morgan fingerprint density at radius 1 is 0.932 bits per heavy atom. The molecule has 0 saturated carbocycles. The number of pyridine rings is 1. The van der Waals surface area contributed by atoms with Crippen molar-refractivity contribution in [3.05, 3.63) is 89.1 Å². The number of benzene rings is 2. The molecule has 2 amide bonds. The van der Waals surface area contributed by atoms with Gasteiger partial charge in [0.25, 0.3) is 0 Å². The Bertz CT molecular complexity index is 1480. The van der Waals surface area contributed by atoms with Crippen molar-refractivity contribution in [1.82, 2.24) is 19.7 Å². The molecular formula is C35H40N4O5. The first kappa shape index (κ1) is 28.8. The van der Waals surface area contributed by atoms with Gasteiger partial charge in [-0.3, -0.25) is 4.90 Å². The zero-order valence-electron chi connectivity index (χ0n) is 25.2. The third-order valence-electron chi connectivity index (χ3n) is 9.90. The molecule has 0 aliphatic carbocycles. The monoisotopic (exact) mass is 596 g/mol. The predicted octanol–water partition coefficient (Wildman–Crippen LogP) is 6.03. The van der Waals surface area contributed by atoms with E-state index in [4.69, 9.17) is 14.6 Å². The first-order valence-electron chi connectivity index (χ1n) is 15.9. The van der Waals surface area contributed by atoms with E-state index in [-0.39, 0.29) is 29.7 Å². The van der Waals surface area contributed by atoms with Gasteiger partial charge in [-0.25, -0.2) is 14.6 Å². The number of ether oxygens (including phenoxy) is 2. The van der Waals surface area contributed by atoms with Crippen molar-refractivity contribution in [2.75, 3.05) is 19.6 Å². The lowest BCUT2D eigenvalue weighted by atomic mass is 9.98. The molecule has 3 atom stereocenters. The number of aromatic nitrogens is 1. The molecule has 4 aliphatic heterocycles. The molecule has 5 heterocycles. The Kier molecular flexibility index (Phi) is 7.99. The second-order valence-electron chi connectivity index (χ2n) is 12.7. The molecule has 2 aromatic carbocycles. The largest absolute Gasteiger partial charge is 0.478 e. The number of carbonyl (C=O) groups is 2. The van der Waals surface area contributed by atoms with E-state index in [1.165, 1.54) is 17.7 Å². The summed E-state index contributed by atoms with van der Waals surface area (Å²) in [6, 6.07) is 21.6. The number of piperidine rings is 1. The minimum atomic E-state index is -0.967. The van der Waals surface area contributed by atoms with Gasteiger partial charge in [0.15, 0.2) is 0 Å². The van der Waals surface area contributed by atoms with Crippen molar-refractivity contribution >= 4 is 12.0 Å². The van der Waals surface area contributed by atoms with Crippen LogP contribution < -0.4 is 4.74 Å². The maximum absolute atomic E-state index is 14.1. The number of hydrogen-bond donors (Lipinski definition) is 1. The predicted molar refractivity (Wildman–Crippen MR) is 165 cm³/mol. The summed E-state index contributed by atoms with van der Waals surface area (Å²) in [5, 5.41) is 9.10. The van der Waals surface area contributed by atoms with Crippen LogP contribution in [0.15, 0.2) is 66.7 Å². The number of amides is 2. The lowest BCUT2D eigenvalue weighted by Gasteiger charge is -2.39. The molecule has 4 fully saturated rings. The molecule has 1 aromatic heterocycles. The minimum absolute atomic E-state index is 0.0834. The van der Waals surface area contributed by atoms with E-state index in [9.17, 15) is 9.59 Å². The van der Waals surface area contributed by atoms with Gasteiger partial charge in [0.2, 0.25) is 5.88 Å². The summed E-state index contributed by atoms with van der Waals surface area (Å²) in [5.74, 6) is 0.0600. The first-order valence-corrected chi connectivity index (χ1v) is 15.9. The maximum atomic E-state index is 14.1. The molecule has 9 nitrogen and oxygen atoms in total. The van der Waals surface area contributed by atoms with E-state index >= 15 is 0 Å². The number of carboxylic acids is 1. The van der Waals surface area contributed by atoms with Crippen molar-refractivity contribution < 1.29 is 24.2 Å². The van der Waals surface area contributed by atoms with Crippen LogP contribution in [-0.4, -0.2) is 80.7 Å². The molecule has 1 N–H and O–H groups in total. The highest BCUT2D eigenvalue weighted by Gasteiger charge is 2.48. The topological polar surface area (TPSA) is 95.4 Å². The molecule has 4 aliphatic rings. The normalized spacial score (nSPS) is 25.9. The van der Waals surface area contributed by atoms with Crippen LogP contribution in [0.4, 0.5) is 4.79 Å². The smallest absolute Gasteiger partial charge is 0.335 e. The lowest BCUT2D eigenvalue weighted by Crippen LogP contribution is -2.49. The highest BCUT2D eigenvalue weighted by molar-refractivity contribution is 5.87. The van der Waals surface area contributed by atoms with Crippen LogP contribution in [0.3, 0.4) is 0 Å². The summed E-state index contributed by atoms with van der Waals surface area (Å²) in [4.78, 5) is 36.7. The van der Waals surface area contributed by atoms with Gasteiger partial charge in [0.1, 0.15) is 5.75 Å². The van der Waals surface area contributed by atoms with Gasteiger partial charge in [-0.15, -0.1) is 0 Å². The molecule has 230 valence electrons. The number of nitrogens with zero attached hydrogens (tertiary/aromatic N) is 4. The zero-order chi connectivity index (χ0) is 30.2. The SMILES string of the molecule is Cc1nc(Oc2ccc(C(=O)O)cc2)ccc1CN1CCC(N2C(=O)N(C3CC4CCC(C3)O4)C[C@H]2c2ccccc2)CC1. The molecule has 44 heavy (non-hydrogen) atoms. The van der Waals surface area contributed by atoms with E-state index in [2.05, 4.69) is 50.0 Å². The van der Waals surface area contributed by atoms with Crippen molar-refractivity contribution in [3.8, 4) is 11.6 Å². The Balaban J connectivity index is 0.991. The number of fused-ring (bicyclic) bond motifs is 2. The van der Waals surface area contributed by atoms with E-state index in [1.807, 2.05) is 19.1 Å². The van der Waals surface area contributed by atoms with Crippen molar-refractivity contribution in [1.29, 1.82) is 0 Å². The number of aryl methyl sites for hydroxylation is 1. The highest BCUT2D eigenvalue weighted by Crippen LogP contribution is 2.41. The van der Waals surface area contributed by atoms with Crippen LogP contribution in [0, 0.1) is 6.92 Å². The molecule has 2 unspecified atom stereocenters. The van der Waals surface area contributed by atoms with Gasteiger partial charge in [-0.05, 0) is 80.8 Å². The summed E-state index contributed by atoms with van der Waals surface area (Å²) in [7, 11) is 0. The number of rotatable bonds is 8. The van der Waals surface area contributed by atoms with Crippen molar-refractivity contribution in [3.63, 3.8) is 0 Å². The lowest BCUT2D eigenvalue weighted by molar-refractivity contribution is -0.0258. The quantitative estimate of drug-likeness (QED) is 0.339. The maximum Gasteiger partial charge on any atom is 0.335 e. The van der Waals surface area contributed by atoms with Gasteiger partial charge in [0, 0.05) is 50.0 Å². The standard InChI is InChI=1S/C35H40N4O5/c1-23-26(9-14-33(36-23)44-29-10-7-25(8-11-29)34(40)41)21-37-17-15-27(16-18-37)39-32(24-5-3-2-4-6-24)22-38(35(39)42)28-19-30-12-13-31(20-28)43-30/h2-11,14,27-28,30-32H,12-13,15-22H2,1H3,(H,40,41)/t28?,30?,31?,32-/m0/s1. The van der Waals surface area contributed by atoms with Gasteiger partial charge < -0.3 is 24.4 Å². The van der Waals surface area contributed by atoms with Crippen molar-refractivity contribution in [2.24, 2.45) is 0 Å². The van der Waals surface area contributed by atoms with Crippen LogP contribution in [0.2, 0.25) is 0 Å². The zero-order valence-corrected chi connectivity index (χ0v) is 25.2. The molecule has 2 bridgehead atoms. The van der Waals surface area contributed by atoms with Gasteiger partial charge in [-0.2, -0.15) is 0 Å². The van der Waals surface area contributed by atoms with Crippen molar-refractivity contribution in [2.45, 2.75) is 82.3 Å². The van der Waals surface area contributed by atoms with Crippen LogP contribution in [0.5, 0.6) is 11.6 Å². The summed E-state index contributed by atoms with van der Waals surface area (Å²) in [5.41, 5.74) is 3.50. The summed E-state index contributed by atoms with van der Waals surface area (Å²) in [6.07, 6.45) is 6.69. The van der Waals surface area contributed by atoms with Crippen LogP contribution >= 0.6 is 0 Å². The number of aromatic carboxylic acids is 1. The average Bonchev–Trinajstić information content (AvgIpc) is 3.57. The summed E-state index contributed by atoms with van der Waals surface area (Å²) >= 11 is 0. The molecule has 0 radical (unpaired) electrons. The average molecular weight is 597 g/mol. The fraction of sp³-hybridized carbons (Fsp3) is 0.457. The summed E-state index contributed by atoms with van der Waals surface area (Å²) in [6.45, 7) is 5.39. The molecule has 4 saturated heterocycles. The van der Waals surface area contributed by atoms with E-state index in [0.29, 0.717) is 23.8 Å². The number of urea groups is 1. The number of carboxylic acid groups (broad SMARTS) is 1. The van der Waals surface area contributed by atoms with Crippen LogP contribution in [-0.2, 0) is 11.3 Å². The number of carbonyl (C=O) groups excluding carboxylic acids is 1. The van der Waals surface area contributed by atoms with E-state index in [0.717, 1.165) is 76.0 Å². The van der Waals surface area contributed by atoms with E-state index in [1.54, 1.807) is 12.1 Å². The number of likely N-dealkylation sites (tertiary alicyclic amines) is 1. The number of hydrogen-bond acceptors (Lipinski definition) is 6. The third kappa shape index (κ3) is 5.90. The molecule has 7 rings (SSSR count). The highest BCUT2D eigenvalue weighted by atomic mass is 16.5.